The number of piperazine rings is 1. The monoisotopic (exact) mass is 323 g/mol. The molecule has 2 aromatic carbocycles. The molecule has 0 unspecified atom stereocenters. The van der Waals surface area contributed by atoms with E-state index in [1.54, 1.807) is 6.07 Å². The molecule has 7 heteroatoms. The standard InChI is InChI=1S/C17H19N6O/c24-23-16-7-2-1-6-15(16)20-17(21-23)19-13-4-3-5-14(12-13)22-10-8-18-9-11-22/h1-7,12,18H,8-11H2,(H2,19,20,21)/q-1. The number of hydrogen-bond acceptors (Lipinski definition) is 7. The van der Waals surface area contributed by atoms with E-state index in [1.807, 2.05) is 30.3 Å². The second-order valence-electron chi connectivity index (χ2n) is 5.77. The summed E-state index contributed by atoms with van der Waals surface area (Å²) in [5.41, 5.74) is 5.93. The molecule has 3 N–H and O–H groups in total. The van der Waals surface area contributed by atoms with E-state index < -0.39 is 0 Å². The SMILES string of the molecule is [O-]N1NC(Nc2cccc(N3CCNCC3)c2)=Nc2ccccc21. The molecule has 0 aromatic heterocycles. The molecule has 124 valence electrons. The summed E-state index contributed by atoms with van der Waals surface area (Å²) in [4.78, 5) is 6.80. The van der Waals surface area contributed by atoms with Crippen LogP contribution in [0.5, 0.6) is 0 Å². The summed E-state index contributed by atoms with van der Waals surface area (Å²) >= 11 is 0. The van der Waals surface area contributed by atoms with Crippen LogP contribution in [-0.4, -0.2) is 32.1 Å². The minimum atomic E-state index is 0.418. The third kappa shape index (κ3) is 2.99. The number of rotatable bonds is 2. The van der Waals surface area contributed by atoms with Crippen molar-refractivity contribution in [3.63, 3.8) is 0 Å². The van der Waals surface area contributed by atoms with Gasteiger partial charge in [0.1, 0.15) is 0 Å². The van der Waals surface area contributed by atoms with E-state index in [-0.39, 0.29) is 0 Å². The van der Waals surface area contributed by atoms with Gasteiger partial charge in [0, 0.05) is 37.6 Å². The highest BCUT2D eigenvalue weighted by Crippen LogP contribution is 2.29. The molecule has 2 aromatic rings. The average Bonchev–Trinajstić information content (AvgIpc) is 2.63. The predicted octanol–water partition coefficient (Wildman–Crippen LogP) is 2.02. The van der Waals surface area contributed by atoms with Gasteiger partial charge in [-0.1, -0.05) is 18.2 Å². The number of hydrazine groups is 1. The molecule has 0 aliphatic carbocycles. The molecule has 0 bridgehead atoms. The summed E-state index contributed by atoms with van der Waals surface area (Å²) in [5.74, 6) is 0.418. The maximum absolute atomic E-state index is 12.1. The van der Waals surface area contributed by atoms with E-state index in [9.17, 15) is 5.21 Å². The molecule has 1 saturated heterocycles. The van der Waals surface area contributed by atoms with Gasteiger partial charge in [-0.15, -0.1) is 0 Å². The van der Waals surface area contributed by atoms with Gasteiger partial charge in [0.2, 0.25) is 5.96 Å². The van der Waals surface area contributed by atoms with Crippen molar-refractivity contribution in [3.8, 4) is 0 Å². The van der Waals surface area contributed by atoms with Gasteiger partial charge in [0.15, 0.2) is 0 Å². The van der Waals surface area contributed by atoms with Crippen molar-refractivity contribution < 1.29 is 0 Å². The lowest BCUT2D eigenvalue weighted by atomic mass is 10.2. The average molecular weight is 323 g/mol. The largest absolute Gasteiger partial charge is 0.739 e. The lowest BCUT2D eigenvalue weighted by Gasteiger charge is -2.36. The third-order valence-electron chi connectivity index (χ3n) is 4.13. The van der Waals surface area contributed by atoms with Gasteiger partial charge in [-0.25, -0.2) is 4.99 Å². The second kappa shape index (κ2) is 6.38. The molecule has 2 heterocycles. The van der Waals surface area contributed by atoms with Crippen LogP contribution in [0, 0.1) is 5.21 Å². The number of aliphatic imine (C=N–C) groups is 1. The van der Waals surface area contributed by atoms with Crippen LogP contribution in [0.3, 0.4) is 0 Å². The third-order valence-corrected chi connectivity index (χ3v) is 4.13. The van der Waals surface area contributed by atoms with E-state index in [0.29, 0.717) is 17.3 Å². The molecule has 0 radical (unpaired) electrons. The highest BCUT2D eigenvalue weighted by Gasteiger charge is 2.14. The smallest absolute Gasteiger partial charge is 0.219 e. The molecule has 0 atom stereocenters. The van der Waals surface area contributed by atoms with Crippen LogP contribution in [0.25, 0.3) is 0 Å². The normalized spacial score (nSPS) is 17.0. The van der Waals surface area contributed by atoms with Crippen LogP contribution >= 0.6 is 0 Å². The predicted molar refractivity (Wildman–Crippen MR) is 97.7 cm³/mol. The summed E-state index contributed by atoms with van der Waals surface area (Å²) < 4.78 is 0. The zero-order valence-corrected chi connectivity index (χ0v) is 13.2. The fourth-order valence-electron chi connectivity index (χ4n) is 2.93. The first kappa shape index (κ1) is 14.8. The molecule has 7 nitrogen and oxygen atoms in total. The Labute approximate surface area is 140 Å². The van der Waals surface area contributed by atoms with Gasteiger partial charge in [0.25, 0.3) is 0 Å². The quantitative estimate of drug-likeness (QED) is 0.785. The van der Waals surface area contributed by atoms with Gasteiger partial charge in [-0.2, -0.15) is 0 Å². The number of benzene rings is 2. The van der Waals surface area contributed by atoms with Crippen molar-refractivity contribution in [1.29, 1.82) is 0 Å². The Morgan fingerprint density at radius 2 is 1.88 bits per heavy atom. The molecule has 2 aliphatic rings. The lowest BCUT2D eigenvalue weighted by Crippen LogP contribution is -2.44. The van der Waals surface area contributed by atoms with Crippen LogP contribution < -0.4 is 26.1 Å². The van der Waals surface area contributed by atoms with Crippen molar-refractivity contribution in [2.75, 3.05) is 41.6 Å². The van der Waals surface area contributed by atoms with Crippen LogP contribution in [0.15, 0.2) is 53.5 Å². The van der Waals surface area contributed by atoms with Crippen molar-refractivity contribution in [1.82, 2.24) is 10.7 Å². The summed E-state index contributed by atoms with van der Waals surface area (Å²) in [6, 6.07) is 15.4. The molecule has 1 fully saturated rings. The van der Waals surface area contributed by atoms with E-state index in [1.165, 1.54) is 0 Å². The molecule has 24 heavy (non-hydrogen) atoms. The van der Waals surface area contributed by atoms with E-state index in [2.05, 4.69) is 38.1 Å². The van der Waals surface area contributed by atoms with Crippen molar-refractivity contribution in [3.05, 3.63) is 53.7 Å². The number of anilines is 3. The number of hydrogen-bond donors (Lipinski definition) is 3. The van der Waals surface area contributed by atoms with Crippen molar-refractivity contribution >= 4 is 28.7 Å². The van der Waals surface area contributed by atoms with Crippen LogP contribution in [0.1, 0.15) is 0 Å². The van der Waals surface area contributed by atoms with Crippen molar-refractivity contribution in [2.45, 2.75) is 0 Å². The molecular weight excluding hydrogens is 304 g/mol. The first-order chi connectivity index (χ1) is 11.8. The van der Waals surface area contributed by atoms with E-state index >= 15 is 0 Å². The molecule has 2 aliphatic heterocycles. The van der Waals surface area contributed by atoms with Crippen LogP contribution in [0.2, 0.25) is 0 Å². The maximum Gasteiger partial charge on any atom is 0.219 e. The summed E-state index contributed by atoms with van der Waals surface area (Å²) in [7, 11) is 0. The minimum absolute atomic E-state index is 0.418. The van der Waals surface area contributed by atoms with Gasteiger partial charge < -0.3 is 25.9 Å². The van der Waals surface area contributed by atoms with Crippen molar-refractivity contribution in [2.24, 2.45) is 4.99 Å². The van der Waals surface area contributed by atoms with Gasteiger partial charge in [-0.05, 0) is 30.3 Å². The Bertz CT molecular complexity index is 756. The Morgan fingerprint density at radius 3 is 2.75 bits per heavy atom. The van der Waals surface area contributed by atoms with Gasteiger partial charge >= 0.3 is 0 Å². The van der Waals surface area contributed by atoms with Crippen LogP contribution in [0.4, 0.5) is 22.7 Å². The zero-order chi connectivity index (χ0) is 16.4. The number of para-hydroxylation sites is 2. The fourth-order valence-corrected chi connectivity index (χ4v) is 2.93. The van der Waals surface area contributed by atoms with Crippen LogP contribution in [-0.2, 0) is 0 Å². The number of nitrogens with zero attached hydrogens (tertiary/aromatic N) is 3. The molecule has 0 amide bonds. The summed E-state index contributed by atoms with van der Waals surface area (Å²) in [6.45, 7) is 3.97. The molecule has 0 saturated carbocycles. The Hall–Kier alpha value is -2.77. The summed E-state index contributed by atoms with van der Waals surface area (Å²) in [5, 5.41) is 19.3. The fraction of sp³-hybridized carbons (Fsp3) is 0.235. The Kier molecular flexibility index (Phi) is 3.94. The first-order valence-corrected chi connectivity index (χ1v) is 8.04. The molecule has 4 rings (SSSR count). The second-order valence-corrected chi connectivity index (χ2v) is 5.77. The summed E-state index contributed by atoms with van der Waals surface area (Å²) in [6.07, 6.45) is 0. The number of nitrogens with one attached hydrogen (secondary N) is 3. The minimum Gasteiger partial charge on any atom is -0.739 e. The number of guanidine groups is 1. The highest BCUT2D eigenvalue weighted by atomic mass is 16.5. The lowest BCUT2D eigenvalue weighted by molar-refractivity contribution is 0.589. The Balaban J connectivity index is 1.54. The maximum atomic E-state index is 12.1. The van der Waals surface area contributed by atoms with Gasteiger partial charge in [-0.3, -0.25) is 5.43 Å². The topological polar surface area (TPSA) is 78.0 Å². The molecule has 0 spiro atoms. The van der Waals surface area contributed by atoms with E-state index in [4.69, 9.17) is 0 Å². The van der Waals surface area contributed by atoms with E-state index in [0.717, 1.165) is 42.7 Å². The highest BCUT2D eigenvalue weighted by molar-refractivity contribution is 5.99. The Morgan fingerprint density at radius 1 is 1.04 bits per heavy atom. The first-order valence-electron chi connectivity index (χ1n) is 8.04. The van der Waals surface area contributed by atoms with Gasteiger partial charge in [0.05, 0.1) is 11.4 Å². The zero-order valence-electron chi connectivity index (χ0n) is 13.2. The number of fused-ring (bicyclic) bond motifs is 1. The molecular formula is C17H19N6O-.